The van der Waals surface area contributed by atoms with E-state index in [0.29, 0.717) is 12.2 Å². The van der Waals surface area contributed by atoms with Gasteiger partial charge in [0.05, 0.1) is 5.69 Å². The van der Waals surface area contributed by atoms with Gasteiger partial charge in [0.25, 0.3) is 5.56 Å². The van der Waals surface area contributed by atoms with E-state index < -0.39 is 0 Å². The SMILES string of the molecule is CCN(C(=O)Cn1nc(-c2cccc3ccccc23)ccc1=O)c1ccccc1. The first-order valence-electron chi connectivity index (χ1n) is 9.59. The zero-order valence-electron chi connectivity index (χ0n) is 16.2. The monoisotopic (exact) mass is 383 g/mol. The van der Waals surface area contributed by atoms with Crippen molar-refractivity contribution in [2.24, 2.45) is 0 Å². The highest BCUT2D eigenvalue weighted by Gasteiger charge is 2.16. The van der Waals surface area contributed by atoms with Crippen LogP contribution in [-0.2, 0) is 11.3 Å². The standard InChI is InChI=1S/C24H21N3O2/c1-2-26(19-11-4-3-5-12-19)24(29)17-27-23(28)16-15-22(25-27)21-14-8-10-18-9-6-7-13-20(18)21/h3-16H,2,17H2,1H3. The van der Waals surface area contributed by atoms with Crippen molar-refractivity contribution in [1.29, 1.82) is 0 Å². The number of benzene rings is 3. The van der Waals surface area contributed by atoms with Crippen molar-refractivity contribution in [3.63, 3.8) is 0 Å². The Labute approximate surface area is 168 Å². The summed E-state index contributed by atoms with van der Waals surface area (Å²) >= 11 is 0. The number of carbonyl (C=O) groups is 1. The van der Waals surface area contributed by atoms with Crippen LogP contribution in [0.25, 0.3) is 22.0 Å². The van der Waals surface area contributed by atoms with Crippen LogP contribution in [0.5, 0.6) is 0 Å². The lowest BCUT2D eigenvalue weighted by atomic mass is 10.0. The lowest BCUT2D eigenvalue weighted by molar-refractivity contribution is -0.119. The maximum absolute atomic E-state index is 12.9. The van der Waals surface area contributed by atoms with Crippen LogP contribution in [-0.4, -0.2) is 22.2 Å². The van der Waals surface area contributed by atoms with E-state index in [9.17, 15) is 9.59 Å². The molecule has 0 aliphatic carbocycles. The summed E-state index contributed by atoms with van der Waals surface area (Å²) in [5, 5.41) is 6.65. The Hall–Kier alpha value is -3.73. The van der Waals surface area contributed by atoms with Crippen molar-refractivity contribution >= 4 is 22.4 Å². The predicted octanol–water partition coefficient (Wildman–Crippen LogP) is 4.12. The number of rotatable bonds is 5. The van der Waals surface area contributed by atoms with Crippen LogP contribution in [0.3, 0.4) is 0 Å². The van der Waals surface area contributed by atoms with E-state index in [4.69, 9.17) is 0 Å². The Morgan fingerprint density at radius 2 is 1.62 bits per heavy atom. The van der Waals surface area contributed by atoms with E-state index in [2.05, 4.69) is 5.10 Å². The Morgan fingerprint density at radius 1 is 0.897 bits per heavy atom. The smallest absolute Gasteiger partial charge is 0.267 e. The second-order valence-electron chi connectivity index (χ2n) is 6.71. The van der Waals surface area contributed by atoms with Crippen LogP contribution in [0.15, 0.2) is 89.7 Å². The van der Waals surface area contributed by atoms with Crippen molar-refractivity contribution in [2.75, 3.05) is 11.4 Å². The molecule has 4 aromatic rings. The van der Waals surface area contributed by atoms with Gasteiger partial charge in [-0.1, -0.05) is 60.7 Å². The fourth-order valence-corrected chi connectivity index (χ4v) is 3.48. The zero-order chi connectivity index (χ0) is 20.2. The van der Waals surface area contributed by atoms with Gasteiger partial charge < -0.3 is 4.90 Å². The molecule has 1 amide bonds. The first-order valence-corrected chi connectivity index (χ1v) is 9.59. The van der Waals surface area contributed by atoms with Gasteiger partial charge in [0, 0.05) is 23.9 Å². The van der Waals surface area contributed by atoms with Gasteiger partial charge in [-0.05, 0) is 35.9 Å². The number of carbonyl (C=O) groups excluding carboxylic acids is 1. The summed E-state index contributed by atoms with van der Waals surface area (Å²) in [5.41, 5.74) is 2.10. The maximum atomic E-state index is 12.9. The van der Waals surface area contributed by atoms with Gasteiger partial charge in [-0.15, -0.1) is 0 Å². The summed E-state index contributed by atoms with van der Waals surface area (Å²) in [6.45, 7) is 2.31. The van der Waals surface area contributed by atoms with Gasteiger partial charge in [0.1, 0.15) is 6.54 Å². The van der Waals surface area contributed by atoms with Crippen molar-refractivity contribution in [3.8, 4) is 11.3 Å². The van der Waals surface area contributed by atoms with Gasteiger partial charge in [0.15, 0.2) is 0 Å². The molecule has 1 heterocycles. The molecule has 0 atom stereocenters. The molecule has 0 saturated heterocycles. The summed E-state index contributed by atoms with van der Waals surface area (Å²) in [6.07, 6.45) is 0. The van der Waals surface area contributed by atoms with Gasteiger partial charge >= 0.3 is 0 Å². The molecule has 1 aromatic heterocycles. The summed E-state index contributed by atoms with van der Waals surface area (Å²) in [5.74, 6) is -0.177. The van der Waals surface area contributed by atoms with E-state index in [-0.39, 0.29) is 18.0 Å². The molecule has 5 heteroatoms. The molecule has 0 N–H and O–H groups in total. The number of fused-ring (bicyclic) bond motifs is 1. The largest absolute Gasteiger partial charge is 0.311 e. The Balaban J connectivity index is 1.69. The van der Waals surface area contributed by atoms with Gasteiger partial charge in [-0.25, -0.2) is 4.68 Å². The third-order valence-corrected chi connectivity index (χ3v) is 4.90. The van der Waals surface area contributed by atoms with Crippen LogP contribution >= 0.6 is 0 Å². The van der Waals surface area contributed by atoms with Crippen molar-refractivity contribution in [1.82, 2.24) is 9.78 Å². The number of anilines is 1. The third kappa shape index (κ3) is 3.80. The third-order valence-electron chi connectivity index (χ3n) is 4.90. The van der Waals surface area contributed by atoms with E-state index in [1.165, 1.54) is 10.7 Å². The number of likely N-dealkylation sites (N-methyl/N-ethyl adjacent to an activating group) is 1. The normalized spacial score (nSPS) is 10.8. The number of amides is 1. The minimum atomic E-state index is -0.300. The zero-order valence-corrected chi connectivity index (χ0v) is 16.2. The number of nitrogens with zero attached hydrogens (tertiary/aromatic N) is 3. The molecule has 0 fully saturated rings. The molecule has 29 heavy (non-hydrogen) atoms. The van der Waals surface area contributed by atoms with E-state index in [0.717, 1.165) is 22.0 Å². The highest BCUT2D eigenvalue weighted by molar-refractivity contribution is 5.96. The van der Waals surface area contributed by atoms with Crippen LogP contribution < -0.4 is 10.5 Å². The average Bonchev–Trinajstić information content (AvgIpc) is 2.76. The van der Waals surface area contributed by atoms with Crippen molar-refractivity contribution in [3.05, 3.63) is 95.3 Å². The van der Waals surface area contributed by atoms with E-state index >= 15 is 0 Å². The van der Waals surface area contributed by atoms with Gasteiger partial charge in [0.2, 0.25) is 5.91 Å². The predicted molar refractivity (Wildman–Crippen MR) is 116 cm³/mol. The maximum Gasteiger partial charge on any atom is 0.267 e. The highest BCUT2D eigenvalue weighted by Crippen LogP contribution is 2.26. The molecule has 3 aromatic carbocycles. The van der Waals surface area contributed by atoms with E-state index in [1.807, 2.05) is 79.7 Å². The first-order chi connectivity index (χ1) is 14.2. The van der Waals surface area contributed by atoms with Gasteiger partial charge in [-0.2, -0.15) is 5.10 Å². The number of hydrogen-bond donors (Lipinski definition) is 0. The molecular weight excluding hydrogens is 362 g/mol. The van der Waals surface area contributed by atoms with Gasteiger partial charge in [-0.3, -0.25) is 9.59 Å². The summed E-state index contributed by atoms with van der Waals surface area (Å²) in [4.78, 5) is 26.9. The van der Waals surface area contributed by atoms with Crippen LogP contribution in [0, 0.1) is 0 Å². The highest BCUT2D eigenvalue weighted by atomic mass is 16.2. The Kier molecular flexibility index (Phi) is 5.20. The molecule has 0 saturated carbocycles. The summed E-state index contributed by atoms with van der Waals surface area (Å²) in [6, 6.07) is 26.6. The molecule has 144 valence electrons. The topological polar surface area (TPSA) is 55.2 Å². The summed E-state index contributed by atoms with van der Waals surface area (Å²) in [7, 11) is 0. The quantitative estimate of drug-likeness (QED) is 0.521. The molecule has 0 aliphatic rings. The van der Waals surface area contributed by atoms with Crippen LogP contribution in [0.2, 0.25) is 0 Å². The Morgan fingerprint density at radius 3 is 2.41 bits per heavy atom. The van der Waals surface area contributed by atoms with Crippen molar-refractivity contribution < 1.29 is 4.79 Å². The van der Waals surface area contributed by atoms with Crippen molar-refractivity contribution in [2.45, 2.75) is 13.5 Å². The molecule has 4 rings (SSSR count). The molecule has 0 radical (unpaired) electrons. The molecular formula is C24H21N3O2. The Bertz CT molecular complexity index is 1210. The molecule has 0 aliphatic heterocycles. The fourth-order valence-electron chi connectivity index (χ4n) is 3.48. The number of para-hydroxylation sites is 1. The van der Waals surface area contributed by atoms with Crippen LogP contribution in [0.1, 0.15) is 6.92 Å². The number of aromatic nitrogens is 2. The lowest BCUT2D eigenvalue weighted by Crippen LogP contribution is -2.37. The van der Waals surface area contributed by atoms with Crippen LogP contribution in [0.4, 0.5) is 5.69 Å². The first kappa shape index (κ1) is 18.6. The molecule has 0 bridgehead atoms. The molecule has 5 nitrogen and oxygen atoms in total. The average molecular weight is 383 g/mol. The fraction of sp³-hybridized carbons (Fsp3) is 0.125. The molecule has 0 spiro atoms. The minimum absolute atomic E-state index is 0.111. The second-order valence-corrected chi connectivity index (χ2v) is 6.71. The minimum Gasteiger partial charge on any atom is -0.311 e. The number of hydrogen-bond acceptors (Lipinski definition) is 3. The van der Waals surface area contributed by atoms with E-state index in [1.54, 1.807) is 11.0 Å². The lowest BCUT2D eigenvalue weighted by Gasteiger charge is -2.21. The molecule has 0 unspecified atom stereocenters. The summed E-state index contributed by atoms with van der Waals surface area (Å²) < 4.78 is 1.24. The second kappa shape index (κ2) is 8.10.